The van der Waals surface area contributed by atoms with Crippen molar-refractivity contribution in [2.75, 3.05) is 44.4 Å². The average molecular weight is 300 g/mol. The number of halogens is 1. The molecule has 0 aliphatic carbocycles. The minimum absolute atomic E-state index is 0.318. The summed E-state index contributed by atoms with van der Waals surface area (Å²) in [6, 6.07) is 0. The van der Waals surface area contributed by atoms with Crippen LogP contribution in [0.25, 0.3) is 0 Å². The molecule has 1 unspecified atom stereocenters. The van der Waals surface area contributed by atoms with Crippen molar-refractivity contribution in [2.24, 2.45) is 5.92 Å². The van der Waals surface area contributed by atoms with Crippen molar-refractivity contribution in [3.05, 3.63) is 10.7 Å². The SMILES string of the molecule is CN1CCC(CN(C)c2nc(N)ncc2Br)C1. The molecule has 2 N–H and O–H groups in total. The van der Waals surface area contributed by atoms with Crippen molar-refractivity contribution in [3.63, 3.8) is 0 Å². The van der Waals surface area contributed by atoms with Gasteiger partial charge in [0.15, 0.2) is 0 Å². The van der Waals surface area contributed by atoms with E-state index >= 15 is 0 Å². The fourth-order valence-electron chi connectivity index (χ4n) is 2.29. The number of rotatable bonds is 3. The number of aromatic nitrogens is 2. The Morgan fingerprint density at radius 2 is 2.41 bits per heavy atom. The van der Waals surface area contributed by atoms with E-state index in [4.69, 9.17) is 5.73 Å². The summed E-state index contributed by atoms with van der Waals surface area (Å²) in [4.78, 5) is 12.7. The van der Waals surface area contributed by atoms with Crippen LogP contribution in [0.15, 0.2) is 10.7 Å². The molecule has 1 aromatic heterocycles. The largest absolute Gasteiger partial charge is 0.368 e. The maximum absolute atomic E-state index is 5.62. The topological polar surface area (TPSA) is 58.3 Å². The van der Waals surface area contributed by atoms with Crippen LogP contribution in [0, 0.1) is 5.92 Å². The van der Waals surface area contributed by atoms with Gasteiger partial charge in [0.25, 0.3) is 0 Å². The predicted octanol–water partition coefficient (Wildman–Crippen LogP) is 1.21. The lowest BCUT2D eigenvalue weighted by Gasteiger charge is -2.23. The Labute approximate surface area is 110 Å². The normalized spacial score (nSPS) is 20.8. The van der Waals surface area contributed by atoms with Crippen LogP contribution in [0.5, 0.6) is 0 Å². The minimum Gasteiger partial charge on any atom is -0.368 e. The van der Waals surface area contributed by atoms with E-state index in [9.17, 15) is 0 Å². The zero-order valence-electron chi connectivity index (χ0n) is 10.2. The summed E-state index contributed by atoms with van der Waals surface area (Å²) in [7, 11) is 4.21. The van der Waals surface area contributed by atoms with Crippen molar-refractivity contribution in [3.8, 4) is 0 Å². The van der Waals surface area contributed by atoms with Gasteiger partial charge in [0.2, 0.25) is 5.95 Å². The molecule has 1 atom stereocenters. The van der Waals surface area contributed by atoms with Crippen molar-refractivity contribution < 1.29 is 0 Å². The predicted molar refractivity (Wildman–Crippen MR) is 73.0 cm³/mol. The Morgan fingerprint density at radius 3 is 3.06 bits per heavy atom. The maximum atomic E-state index is 5.62. The molecule has 1 aromatic rings. The van der Waals surface area contributed by atoms with Crippen LogP contribution in [0.2, 0.25) is 0 Å². The molecule has 1 saturated heterocycles. The molecule has 0 aromatic carbocycles. The summed E-state index contributed by atoms with van der Waals surface area (Å²) >= 11 is 3.46. The van der Waals surface area contributed by atoms with E-state index < -0.39 is 0 Å². The summed E-state index contributed by atoms with van der Waals surface area (Å²) in [6.07, 6.45) is 2.95. The van der Waals surface area contributed by atoms with Crippen LogP contribution >= 0.6 is 15.9 Å². The number of hydrogen-bond acceptors (Lipinski definition) is 5. The van der Waals surface area contributed by atoms with E-state index in [1.54, 1.807) is 6.20 Å². The molecule has 0 amide bonds. The van der Waals surface area contributed by atoms with E-state index in [-0.39, 0.29) is 0 Å². The second kappa shape index (κ2) is 5.18. The van der Waals surface area contributed by atoms with Gasteiger partial charge in [0.1, 0.15) is 5.82 Å². The highest BCUT2D eigenvalue weighted by Crippen LogP contribution is 2.25. The number of nitrogens with zero attached hydrogens (tertiary/aromatic N) is 4. The van der Waals surface area contributed by atoms with Crippen molar-refractivity contribution >= 4 is 27.7 Å². The van der Waals surface area contributed by atoms with Gasteiger partial charge in [-0.3, -0.25) is 0 Å². The monoisotopic (exact) mass is 299 g/mol. The third-order valence-electron chi connectivity index (χ3n) is 3.13. The van der Waals surface area contributed by atoms with Crippen LogP contribution in [0.3, 0.4) is 0 Å². The molecule has 1 fully saturated rings. The highest BCUT2D eigenvalue weighted by atomic mass is 79.9. The Balaban J connectivity index is 2.04. The van der Waals surface area contributed by atoms with Gasteiger partial charge in [0.05, 0.1) is 4.47 Å². The van der Waals surface area contributed by atoms with Crippen LogP contribution in [-0.2, 0) is 0 Å². The van der Waals surface area contributed by atoms with E-state index in [0.717, 1.165) is 23.4 Å². The van der Waals surface area contributed by atoms with Crippen molar-refractivity contribution in [1.29, 1.82) is 0 Å². The molecule has 0 spiro atoms. The molecular formula is C11H18BrN5. The average Bonchev–Trinajstić information content (AvgIpc) is 2.67. The maximum Gasteiger partial charge on any atom is 0.222 e. The molecule has 0 bridgehead atoms. The van der Waals surface area contributed by atoms with Crippen molar-refractivity contribution in [2.45, 2.75) is 6.42 Å². The highest BCUT2D eigenvalue weighted by molar-refractivity contribution is 9.10. The van der Waals surface area contributed by atoms with E-state index in [2.05, 4.69) is 42.7 Å². The van der Waals surface area contributed by atoms with Gasteiger partial charge in [-0.1, -0.05) is 0 Å². The molecule has 94 valence electrons. The van der Waals surface area contributed by atoms with Crippen LogP contribution in [0.1, 0.15) is 6.42 Å². The molecule has 1 aliphatic rings. The summed E-state index contributed by atoms with van der Waals surface area (Å²) < 4.78 is 0.889. The first kappa shape index (κ1) is 12.6. The van der Waals surface area contributed by atoms with E-state index in [1.807, 2.05) is 7.05 Å². The Bertz CT molecular complexity index is 397. The van der Waals surface area contributed by atoms with Crippen molar-refractivity contribution in [1.82, 2.24) is 14.9 Å². The van der Waals surface area contributed by atoms with E-state index in [1.165, 1.54) is 13.0 Å². The van der Waals surface area contributed by atoms with Gasteiger partial charge in [-0.2, -0.15) is 4.98 Å². The molecule has 2 rings (SSSR count). The van der Waals surface area contributed by atoms with Gasteiger partial charge in [-0.05, 0) is 41.9 Å². The first-order valence-electron chi connectivity index (χ1n) is 5.74. The first-order valence-corrected chi connectivity index (χ1v) is 6.53. The fraction of sp³-hybridized carbons (Fsp3) is 0.636. The Hall–Kier alpha value is -0.880. The molecule has 6 heteroatoms. The summed E-state index contributed by atoms with van der Waals surface area (Å²) in [5.41, 5.74) is 5.62. The number of likely N-dealkylation sites (tertiary alicyclic amines) is 1. The molecule has 0 radical (unpaired) electrons. The Kier molecular flexibility index (Phi) is 3.83. The molecule has 2 heterocycles. The molecule has 17 heavy (non-hydrogen) atoms. The summed E-state index contributed by atoms with van der Waals surface area (Å²) in [5, 5.41) is 0. The second-order valence-corrected chi connectivity index (χ2v) is 5.55. The fourth-order valence-corrected chi connectivity index (χ4v) is 2.78. The summed E-state index contributed by atoms with van der Waals surface area (Å²) in [6.45, 7) is 3.34. The van der Waals surface area contributed by atoms with Gasteiger partial charge in [0, 0.05) is 26.3 Å². The van der Waals surface area contributed by atoms with Gasteiger partial charge in [-0.25, -0.2) is 4.98 Å². The van der Waals surface area contributed by atoms with Crippen LogP contribution in [0.4, 0.5) is 11.8 Å². The van der Waals surface area contributed by atoms with Gasteiger partial charge >= 0.3 is 0 Å². The molecule has 5 nitrogen and oxygen atoms in total. The van der Waals surface area contributed by atoms with Gasteiger partial charge in [-0.15, -0.1) is 0 Å². The smallest absolute Gasteiger partial charge is 0.222 e. The highest BCUT2D eigenvalue weighted by Gasteiger charge is 2.22. The Morgan fingerprint density at radius 1 is 1.65 bits per heavy atom. The summed E-state index contributed by atoms with van der Waals surface area (Å²) in [5.74, 6) is 1.89. The zero-order valence-corrected chi connectivity index (χ0v) is 11.8. The second-order valence-electron chi connectivity index (χ2n) is 4.70. The quantitative estimate of drug-likeness (QED) is 0.909. The lowest BCUT2D eigenvalue weighted by atomic mass is 10.1. The number of nitrogens with two attached hydrogens (primary N) is 1. The third-order valence-corrected chi connectivity index (χ3v) is 3.69. The number of anilines is 2. The van der Waals surface area contributed by atoms with Gasteiger partial charge < -0.3 is 15.5 Å². The molecule has 0 saturated carbocycles. The number of hydrogen-bond donors (Lipinski definition) is 1. The molecule has 1 aliphatic heterocycles. The lowest BCUT2D eigenvalue weighted by molar-refractivity contribution is 0.395. The third kappa shape index (κ3) is 3.07. The molecular weight excluding hydrogens is 282 g/mol. The first-order chi connectivity index (χ1) is 8.06. The lowest BCUT2D eigenvalue weighted by Crippen LogP contribution is -2.28. The minimum atomic E-state index is 0.318. The van der Waals surface area contributed by atoms with Crippen LogP contribution < -0.4 is 10.6 Å². The van der Waals surface area contributed by atoms with E-state index in [0.29, 0.717) is 11.9 Å². The standard InChI is InChI=1S/C11H18BrN5/c1-16-4-3-8(6-16)7-17(2)10-9(12)5-14-11(13)15-10/h5,8H,3-4,6-7H2,1-2H3,(H2,13,14,15). The van der Waals surface area contributed by atoms with Crippen LogP contribution in [-0.4, -0.2) is 48.6 Å². The zero-order chi connectivity index (χ0) is 12.4. The number of nitrogen functional groups attached to an aromatic ring is 1.